The van der Waals surface area contributed by atoms with Crippen LogP contribution in [0.5, 0.6) is 5.75 Å². The maximum absolute atomic E-state index is 13.4. The molecule has 2 amide bonds. The van der Waals surface area contributed by atoms with E-state index in [-0.39, 0.29) is 5.70 Å². The Labute approximate surface area is 179 Å². The van der Waals surface area contributed by atoms with E-state index < -0.39 is 11.8 Å². The molecule has 0 bridgehead atoms. The second-order valence-electron chi connectivity index (χ2n) is 6.87. The minimum absolute atomic E-state index is 0.199. The van der Waals surface area contributed by atoms with E-state index in [0.29, 0.717) is 33.3 Å². The average molecular weight is 419 g/mol. The molecule has 6 heteroatoms. The predicted octanol–water partition coefficient (Wildman–Crippen LogP) is 5.05. The van der Waals surface area contributed by atoms with Crippen LogP contribution in [-0.4, -0.2) is 18.9 Å². The molecule has 4 rings (SSSR count). The molecule has 0 aromatic heterocycles. The highest BCUT2D eigenvalue weighted by Crippen LogP contribution is 2.36. The van der Waals surface area contributed by atoms with Crippen LogP contribution in [0.2, 0.25) is 5.02 Å². The fourth-order valence-corrected chi connectivity index (χ4v) is 3.52. The number of carbonyl (C=O) groups excluding carboxylic acids is 2. The molecule has 5 nitrogen and oxygen atoms in total. The van der Waals surface area contributed by atoms with Gasteiger partial charge in [0.25, 0.3) is 11.8 Å². The first kappa shape index (κ1) is 19.7. The monoisotopic (exact) mass is 418 g/mol. The number of nitrogens with zero attached hydrogens (tertiary/aromatic N) is 1. The van der Waals surface area contributed by atoms with Gasteiger partial charge in [0.2, 0.25) is 0 Å². The lowest BCUT2D eigenvalue weighted by Gasteiger charge is -2.16. The Hall–Kier alpha value is -3.57. The van der Waals surface area contributed by atoms with Crippen molar-refractivity contribution in [1.29, 1.82) is 0 Å². The number of hydrogen-bond acceptors (Lipinski definition) is 4. The Kier molecular flexibility index (Phi) is 5.29. The quantitative estimate of drug-likeness (QED) is 0.589. The van der Waals surface area contributed by atoms with Crippen molar-refractivity contribution < 1.29 is 14.3 Å². The zero-order valence-corrected chi connectivity index (χ0v) is 17.2. The molecule has 30 heavy (non-hydrogen) atoms. The number of benzene rings is 3. The number of anilines is 2. The zero-order chi connectivity index (χ0) is 21.3. The lowest BCUT2D eigenvalue weighted by Crippen LogP contribution is -2.32. The summed E-state index contributed by atoms with van der Waals surface area (Å²) in [6.45, 7) is 1.94. The molecule has 0 saturated heterocycles. The minimum atomic E-state index is -0.440. The van der Waals surface area contributed by atoms with Gasteiger partial charge in [-0.05, 0) is 54.4 Å². The molecule has 0 atom stereocenters. The molecule has 0 fully saturated rings. The highest BCUT2D eigenvalue weighted by molar-refractivity contribution is 6.46. The molecule has 0 unspecified atom stereocenters. The highest BCUT2D eigenvalue weighted by atomic mass is 35.5. The third kappa shape index (κ3) is 3.55. The number of rotatable bonds is 5. The van der Waals surface area contributed by atoms with Crippen molar-refractivity contribution in [3.05, 3.63) is 94.6 Å². The SMILES string of the molecule is COc1ccc(C)cc1NC1=C(c2ccccc2)C(=O)N(c2ccc(Cl)cc2)C1=O. The number of halogens is 1. The highest BCUT2D eigenvalue weighted by Gasteiger charge is 2.40. The smallest absolute Gasteiger partial charge is 0.282 e. The van der Waals surface area contributed by atoms with Crippen LogP contribution in [0.4, 0.5) is 11.4 Å². The van der Waals surface area contributed by atoms with E-state index in [1.165, 1.54) is 0 Å². The summed E-state index contributed by atoms with van der Waals surface area (Å²) in [5.41, 5.74) is 3.22. The van der Waals surface area contributed by atoms with Crippen molar-refractivity contribution in [1.82, 2.24) is 0 Å². The van der Waals surface area contributed by atoms with Crippen LogP contribution in [0.1, 0.15) is 11.1 Å². The number of hydrogen-bond donors (Lipinski definition) is 1. The molecule has 1 aliphatic heterocycles. The Morgan fingerprint density at radius 3 is 2.27 bits per heavy atom. The first-order chi connectivity index (χ1) is 14.5. The van der Waals surface area contributed by atoms with E-state index in [1.54, 1.807) is 43.5 Å². The normalized spacial score (nSPS) is 13.8. The maximum atomic E-state index is 13.4. The molecular formula is C24H19ClN2O3. The van der Waals surface area contributed by atoms with Gasteiger partial charge in [0, 0.05) is 5.02 Å². The van der Waals surface area contributed by atoms with Crippen molar-refractivity contribution in [2.24, 2.45) is 0 Å². The van der Waals surface area contributed by atoms with Crippen molar-refractivity contribution >= 4 is 40.4 Å². The van der Waals surface area contributed by atoms with E-state index in [2.05, 4.69) is 5.32 Å². The van der Waals surface area contributed by atoms with Gasteiger partial charge in [-0.1, -0.05) is 48.0 Å². The fourth-order valence-electron chi connectivity index (χ4n) is 3.40. The van der Waals surface area contributed by atoms with Crippen LogP contribution in [0.25, 0.3) is 5.57 Å². The molecule has 150 valence electrons. The first-order valence-corrected chi connectivity index (χ1v) is 9.73. The Morgan fingerprint density at radius 2 is 1.60 bits per heavy atom. The van der Waals surface area contributed by atoms with Crippen LogP contribution in [-0.2, 0) is 9.59 Å². The molecule has 0 spiro atoms. The summed E-state index contributed by atoms with van der Waals surface area (Å²) in [6.07, 6.45) is 0. The van der Waals surface area contributed by atoms with E-state index >= 15 is 0 Å². The van der Waals surface area contributed by atoms with Gasteiger partial charge < -0.3 is 10.1 Å². The minimum Gasteiger partial charge on any atom is -0.495 e. The maximum Gasteiger partial charge on any atom is 0.282 e. The van der Waals surface area contributed by atoms with Gasteiger partial charge in [0.1, 0.15) is 11.4 Å². The number of carbonyl (C=O) groups is 2. The number of ether oxygens (including phenoxy) is 1. The van der Waals surface area contributed by atoms with Crippen LogP contribution in [0.15, 0.2) is 78.5 Å². The lowest BCUT2D eigenvalue weighted by atomic mass is 10.0. The van der Waals surface area contributed by atoms with Crippen molar-refractivity contribution in [2.75, 3.05) is 17.3 Å². The first-order valence-electron chi connectivity index (χ1n) is 9.35. The van der Waals surface area contributed by atoms with Gasteiger partial charge in [-0.2, -0.15) is 0 Å². The van der Waals surface area contributed by atoms with Gasteiger partial charge in [-0.25, -0.2) is 4.90 Å². The second kappa shape index (κ2) is 8.05. The Balaban J connectivity index is 1.84. The number of aryl methyl sites for hydroxylation is 1. The van der Waals surface area contributed by atoms with Gasteiger partial charge in [-0.3, -0.25) is 9.59 Å². The number of nitrogens with one attached hydrogen (secondary N) is 1. The molecule has 3 aromatic carbocycles. The molecule has 3 aromatic rings. The fraction of sp³-hybridized carbons (Fsp3) is 0.0833. The number of imide groups is 1. The number of methoxy groups -OCH3 is 1. The largest absolute Gasteiger partial charge is 0.495 e. The van der Waals surface area contributed by atoms with Crippen molar-refractivity contribution in [3.8, 4) is 5.75 Å². The topological polar surface area (TPSA) is 58.6 Å². The summed E-state index contributed by atoms with van der Waals surface area (Å²) >= 11 is 5.97. The van der Waals surface area contributed by atoms with Gasteiger partial charge in [0.05, 0.1) is 24.1 Å². The summed E-state index contributed by atoms with van der Waals surface area (Å²) in [7, 11) is 1.56. The van der Waals surface area contributed by atoms with E-state index in [0.717, 1.165) is 10.5 Å². The van der Waals surface area contributed by atoms with Crippen LogP contribution in [0, 0.1) is 6.92 Å². The van der Waals surface area contributed by atoms with E-state index in [4.69, 9.17) is 16.3 Å². The molecule has 0 saturated carbocycles. The number of amides is 2. The molecule has 1 N–H and O–H groups in total. The lowest BCUT2D eigenvalue weighted by molar-refractivity contribution is -0.120. The van der Waals surface area contributed by atoms with Crippen molar-refractivity contribution in [3.63, 3.8) is 0 Å². The molecular weight excluding hydrogens is 400 g/mol. The third-order valence-corrected chi connectivity index (χ3v) is 5.10. The summed E-state index contributed by atoms with van der Waals surface area (Å²) in [4.78, 5) is 27.9. The van der Waals surface area contributed by atoms with E-state index in [1.807, 2.05) is 43.3 Å². The second-order valence-corrected chi connectivity index (χ2v) is 7.30. The summed E-state index contributed by atoms with van der Waals surface area (Å²) in [6, 6.07) is 21.3. The Bertz CT molecular complexity index is 1150. The van der Waals surface area contributed by atoms with Crippen LogP contribution >= 0.6 is 11.6 Å². The summed E-state index contributed by atoms with van der Waals surface area (Å²) in [5.74, 6) is -0.266. The van der Waals surface area contributed by atoms with Gasteiger partial charge in [-0.15, -0.1) is 0 Å². The molecule has 0 aliphatic carbocycles. The van der Waals surface area contributed by atoms with Gasteiger partial charge in [0.15, 0.2) is 0 Å². The Morgan fingerprint density at radius 1 is 0.900 bits per heavy atom. The van der Waals surface area contributed by atoms with E-state index in [9.17, 15) is 9.59 Å². The predicted molar refractivity (Wildman–Crippen MR) is 119 cm³/mol. The molecule has 1 aliphatic rings. The third-order valence-electron chi connectivity index (χ3n) is 4.85. The summed E-state index contributed by atoms with van der Waals surface area (Å²) < 4.78 is 5.43. The summed E-state index contributed by atoms with van der Waals surface area (Å²) in [5, 5.41) is 3.68. The van der Waals surface area contributed by atoms with Gasteiger partial charge >= 0.3 is 0 Å². The standard InChI is InChI=1S/C24H19ClN2O3/c1-15-8-13-20(30-2)19(14-15)26-22-21(16-6-4-3-5-7-16)23(28)27(24(22)29)18-11-9-17(25)10-12-18/h3-14,26H,1-2H3. The molecule has 0 radical (unpaired) electrons. The van der Waals surface area contributed by atoms with Crippen LogP contribution in [0.3, 0.4) is 0 Å². The van der Waals surface area contributed by atoms with Crippen LogP contribution < -0.4 is 15.0 Å². The molecule has 1 heterocycles. The zero-order valence-electron chi connectivity index (χ0n) is 16.5. The van der Waals surface area contributed by atoms with Crippen molar-refractivity contribution in [2.45, 2.75) is 6.92 Å². The average Bonchev–Trinajstić information content (AvgIpc) is 2.99.